The zero-order valence-electron chi connectivity index (χ0n) is 9.84. The highest BCUT2D eigenvalue weighted by Crippen LogP contribution is 2.25. The van der Waals surface area contributed by atoms with Crippen molar-refractivity contribution < 1.29 is 18.3 Å². The van der Waals surface area contributed by atoms with Crippen molar-refractivity contribution in [2.75, 3.05) is 18.1 Å². The number of carboxylic acids is 1. The lowest BCUT2D eigenvalue weighted by Gasteiger charge is -2.31. The van der Waals surface area contributed by atoms with Gasteiger partial charge in [-0.05, 0) is 25.8 Å². The second-order valence-corrected chi connectivity index (χ2v) is 7.23. The molecule has 98 valence electrons. The average Bonchev–Trinajstić information content (AvgIpc) is 2.51. The first-order chi connectivity index (χ1) is 7.99. The number of hydrogen-bond acceptors (Lipinski definition) is 4. The molecule has 2 unspecified atom stereocenters. The van der Waals surface area contributed by atoms with Gasteiger partial charge in [0.25, 0.3) is 0 Å². The molecule has 0 aromatic carbocycles. The van der Waals surface area contributed by atoms with Crippen LogP contribution in [0.5, 0.6) is 0 Å². The number of rotatable bonds is 2. The topological polar surface area (TPSA) is 74.7 Å². The molecule has 1 N–H and O–H groups in total. The highest BCUT2D eigenvalue weighted by Gasteiger charge is 2.38. The molecule has 0 spiro atoms. The number of nitrogens with zero attached hydrogens (tertiary/aromatic N) is 1. The van der Waals surface area contributed by atoms with E-state index in [1.807, 2.05) is 4.90 Å². The first kappa shape index (κ1) is 12.8. The van der Waals surface area contributed by atoms with Crippen molar-refractivity contribution in [1.82, 2.24) is 4.90 Å². The van der Waals surface area contributed by atoms with E-state index in [2.05, 4.69) is 0 Å². The summed E-state index contributed by atoms with van der Waals surface area (Å²) in [5.41, 5.74) is 0. The van der Waals surface area contributed by atoms with Gasteiger partial charge in [0.1, 0.15) is 6.04 Å². The molecule has 2 aliphatic heterocycles. The molecule has 0 aliphatic carbocycles. The Morgan fingerprint density at radius 3 is 2.53 bits per heavy atom. The van der Waals surface area contributed by atoms with Crippen molar-refractivity contribution in [2.24, 2.45) is 0 Å². The van der Waals surface area contributed by atoms with Crippen molar-refractivity contribution in [3.63, 3.8) is 0 Å². The van der Waals surface area contributed by atoms with Crippen LogP contribution in [0.4, 0.5) is 0 Å². The molecule has 5 nitrogen and oxygen atoms in total. The predicted molar refractivity (Wildman–Crippen MR) is 63.7 cm³/mol. The van der Waals surface area contributed by atoms with Crippen LogP contribution >= 0.6 is 0 Å². The van der Waals surface area contributed by atoms with Crippen LogP contribution in [-0.2, 0) is 14.6 Å². The molecule has 2 aliphatic rings. The van der Waals surface area contributed by atoms with E-state index in [4.69, 9.17) is 0 Å². The number of hydrogen-bond donors (Lipinski definition) is 1. The van der Waals surface area contributed by atoms with Gasteiger partial charge in [-0.2, -0.15) is 0 Å². The van der Waals surface area contributed by atoms with Gasteiger partial charge in [0.15, 0.2) is 9.84 Å². The van der Waals surface area contributed by atoms with E-state index in [-0.39, 0.29) is 17.5 Å². The maximum atomic E-state index is 11.5. The molecule has 0 radical (unpaired) electrons. The molecule has 2 saturated heterocycles. The molecular formula is C11H19NO4S. The molecule has 0 saturated carbocycles. The lowest BCUT2D eigenvalue weighted by Crippen LogP contribution is -2.47. The highest BCUT2D eigenvalue weighted by atomic mass is 32.2. The second-order valence-electron chi connectivity index (χ2n) is 5.00. The van der Waals surface area contributed by atoms with Gasteiger partial charge in [-0.1, -0.05) is 12.8 Å². The molecule has 17 heavy (non-hydrogen) atoms. The SMILES string of the molecule is O=C(O)C1CCCCCN1C1CCS(=O)(=O)C1. The first-order valence-corrected chi connectivity index (χ1v) is 8.01. The quantitative estimate of drug-likeness (QED) is 0.783. The van der Waals surface area contributed by atoms with Gasteiger partial charge < -0.3 is 5.11 Å². The summed E-state index contributed by atoms with van der Waals surface area (Å²) in [5.74, 6) is -0.465. The summed E-state index contributed by atoms with van der Waals surface area (Å²) in [4.78, 5) is 13.2. The Balaban J connectivity index is 2.13. The Hall–Kier alpha value is -0.620. The minimum atomic E-state index is -2.94. The Morgan fingerprint density at radius 1 is 1.18 bits per heavy atom. The Bertz CT molecular complexity index is 392. The van der Waals surface area contributed by atoms with Crippen LogP contribution in [0.15, 0.2) is 0 Å². The zero-order valence-corrected chi connectivity index (χ0v) is 10.7. The summed E-state index contributed by atoms with van der Waals surface area (Å²) in [6.45, 7) is 0.719. The van der Waals surface area contributed by atoms with Crippen LogP contribution in [0.3, 0.4) is 0 Å². The van der Waals surface area contributed by atoms with Gasteiger partial charge in [0.05, 0.1) is 11.5 Å². The molecule has 2 atom stereocenters. The van der Waals surface area contributed by atoms with Gasteiger partial charge >= 0.3 is 5.97 Å². The minimum absolute atomic E-state index is 0.0841. The summed E-state index contributed by atoms with van der Waals surface area (Å²) < 4.78 is 22.9. The number of carboxylic acid groups (broad SMARTS) is 1. The molecule has 0 amide bonds. The van der Waals surface area contributed by atoms with Crippen LogP contribution < -0.4 is 0 Å². The fraction of sp³-hybridized carbons (Fsp3) is 0.909. The maximum absolute atomic E-state index is 11.5. The molecule has 0 bridgehead atoms. The second kappa shape index (κ2) is 4.94. The third-order valence-electron chi connectivity index (χ3n) is 3.76. The highest BCUT2D eigenvalue weighted by molar-refractivity contribution is 7.91. The monoisotopic (exact) mass is 261 g/mol. The van der Waals surface area contributed by atoms with Crippen LogP contribution in [0.1, 0.15) is 32.1 Å². The summed E-state index contributed by atoms with van der Waals surface area (Å²) in [6, 6.07) is -0.574. The first-order valence-electron chi connectivity index (χ1n) is 6.18. The Morgan fingerprint density at radius 2 is 1.94 bits per heavy atom. The third kappa shape index (κ3) is 2.98. The van der Waals surface area contributed by atoms with E-state index in [9.17, 15) is 18.3 Å². The van der Waals surface area contributed by atoms with Gasteiger partial charge in [-0.25, -0.2) is 8.42 Å². The molecule has 2 heterocycles. The van der Waals surface area contributed by atoms with Gasteiger partial charge in [0, 0.05) is 6.04 Å². The number of aliphatic carboxylic acids is 1. The lowest BCUT2D eigenvalue weighted by atomic mass is 10.1. The summed E-state index contributed by atoms with van der Waals surface area (Å²) >= 11 is 0. The van der Waals surface area contributed by atoms with E-state index in [1.165, 1.54) is 0 Å². The van der Waals surface area contributed by atoms with Gasteiger partial charge in [0.2, 0.25) is 0 Å². The Kier molecular flexibility index (Phi) is 3.73. The zero-order chi connectivity index (χ0) is 12.5. The Labute approximate surface area is 102 Å². The van der Waals surface area contributed by atoms with Gasteiger partial charge in [-0.15, -0.1) is 0 Å². The number of sulfone groups is 1. The summed E-state index contributed by atoms with van der Waals surface area (Å²) in [6.07, 6.45) is 4.17. The molecular weight excluding hydrogens is 242 g/mol. The largest absolute Gasteiger partial charge is 0.480 e. The number of carbonyl (C=O) groups is 1. The van der Waals surface area contributed by atoms with Crippen LogP contribution in [-0.4, -0.2) is 54.5 Å². The minimum Gasteiger partial charge on any atom is -0.480 e. The average molecular weight is 261 g/mol. The van der Waals surface area contributed by atoms with Crippen molar-refractivity contribution >= 4 is 15.8 Å². The van der Waals surface area contributed by atoms with Crippen molar-refractivity contribution in [2.45, 2.75) is 44.2 Å². The molecule has 2 rings (SSSR count). The van der Waals surface area contributed by atoms with E-state index in [0.717, 1.165) is 25.8 Å². The van der Waals surface area contributed by atoms with Crippen LogP contribution in [0, 0.1) is 0 Å². The van der Waals surface area contributed by atoms with E-state index < -0.39 is 21.8 Å². The maximum Gasteiger partial charge on any atom is 0.320 e. The van der Waals surface area contributed by atoms with Crippen molar-refractivity contribution in [3.8, 4) is 0 Å². The summed E-state index contributed by atoms with van der Waals surface area (Å²) in [5, 5.41) is 9.23. The van der Waals surface area contributed by atoms with Crippen molar-refractivity contribution in [3.05, 3.63) is 0 Å². The molecule has 0 aromatic heterocycles. The summed E-state index contributed by atoms with van der Waals surface area (Å²) in [7, 11) is -2.94. The number of likely N-dealkylation sites (tertiary alicyclic amines) is 1. The molecule has 0 aromatic rings. The standard InChI is InChI=1S/C11H19NO4S/c13-11(14)10-4-2-1-3-6-12(10)9-5-7-17(15,16)8-9/h9-10H,1-8H2,(H,13,14). The van der Waals surface area contributed by atoms with Crippen LogP contribution in [0.2, 0.25) is 0 Å². The van der Waals surface area contributed by atoms with Gasteiger partial charge in [-0.3, -0.25) is 9.69 Å². The third-order valence-corrected chi connectivity index (χ3v) is 5.51. The van der Waals surface area contributed by atoms with E-state index >= 15 is 0 Å². The normalized spacial score (nSPS) is 34.4. The van der Waals surface area contributed by atoms with E-state index in [1.54, 1.807) is 0 Å². The van der Waals surface area contributed by atoms with Crippen molar-refractivity contribution in [1.29, 1.82) is 0 Å². The molecule has 2 fully saturated rings. The fourth-order valence-electron chi connectivity index (χ4n) is 2.87. The smallest absolute Gasteiger partial charge is 0.320 e. The molecule has 6 heteroatoms. The fourth-order valence-corrected chi connectivity index (χ4v) is 4.61. The van der Waals surface area contributed by atoms with Crippen LogP contribution in [0.25, 0.3) is 0 Å². The van der Waals surface area contributed by atoms with E-state index in [0.29, 0.717) is 12.8 Å². The predicted octanol–water partition coefficient (Wildman–Crippen LogP) is 0.503. The lowest BCUT2D eigenvalue weighted by molar-refractivity contribution is -0.144.